The lowest BCUT2D eigenvalue weighted by Crippen LogP contribution is -2.38. The monoisotopic (exact) mass is 504 g/mol. The number of likely N-dealkylation sites (tertiary alicyclic amines) is 1. The zero-order valence-electron chi connectivity index (χ0n) is 20.5. The summed E-state index contributed by atoms with van der Waals surface area (Å²) < 4.78 is 21.2. The largest absolute Gasteiger partial charge is 0.463 e. The van der Waals surface area contributed by atoms with Crippen LogP contribution in [0.3, 0.4) is 0 Å². The smallest absolute Gasteiger partial charge is 0.287 e. The van der Waals surface area contributed by atoms with Crippen molar-refractivity contribution in [1.29, 1.82) is 0 Å². The number of aliphatic imine (C=N–C) groups is 1. The van der Waals surface area contributed by atoms with E-state index in [1.165, 1.54) is 17.7 Å². The molecule has 5 heterocycles. The zero-order valence-corrected chi connectivity index (χ0v) is 21.3. The molecule has 1 fully saturated rings. The average molecular weight is 505 g/mol. The molecule has 2 aliphatic rings. The molecular weight excluding hydrogens is 475 g/mol. The van der Waals surface area contributed by atoms with Crippen LogP contribution in [0.1, 0.15) is 36.9 Å². The van der Waals surface area contributed by atoms with Gasteiger partial charge in [0, 0.05) is 37.3 Å². The van der Waals surface area contributed by atoms with Gasteiger partial charge >= 0.3 is 0 Å². The molecule has 0 saturated carbocycles. The highest BCUT2D eigenvalue weighted by atomic mass is 32.1. The highest BCUT2D eigenvalue weighted by molar-refractivity contribution is 7.14. The number of hydrogen-bond donors (Lipinski definition) is 0. The van der Waals surface area contributed by atoms with Crippen molar-refractivity contribution in [3.8, 4) is 11.3 Å². The third kappa shape index (κ3) is 4.21. The summed E-state index contributed by atoms with van der Waals surface area (Å²) in [6, 6.07) is 11.7. The average Bonchev–Trinajstić information content (AvgIpc) is 3.68. The number of amidine groups is 1. The van der Waals surface area contributed by atoms with Gasteiger partial charge in [-0.3, -0.25) is 4.40 Å². The van der Waals surface area contributed by atoms with Crippen molar-refractivity contribution in [1.82, 2.24) is 19.3 Å². The summed E-state index contributed by atoms with van der Waals surface area (Å²) in [6.45, 7) is 5.53. The number of thiazole rings is 1. The molecule has 6 rings (SSSR count). The van der Waals surface area contributed by atoms with E-state index >= 15 is 0 Å². The number of benzene rings is 1. The SMILES string of the molecule is CCc1nc2ccc(C3CCN(C4=NCCO4)CC3)cn2c1N(C)c1nc(-c2ccc(F)cc2)cs1. The van der Waals surface area contributed by atoms with Crippen LogP contribution in [-0.2, 0) is 11.2 Å². The Kier molecular flexibility index (Phi) is 6.08. The van der Waals surface area contributed by atoms with Crippen LogP contribution < -0.4 is 4.90 Å². The fraction of sp³-hybridized carbons (Fsp3) is 0.370. The van der Waals surface area contributed by atoms with Gasteiger partial charge in [0.25, 0.3) is 6.02 Å². The number of anilines is 2. The number of nitrogens with zero attached hydrogens (tertiary/aromatic N) is 6. The number of imidazole rings is 1. The van der Waals surface area contributed by atoms with Gasteiger partial charge in [-0.15, -0.1) is 11.3 Å². The van der Waals surface area contributed by atoms with E-state index in [-0.39, 0.29) is 5.82 Å². The zero-order chi connectivity index (χ0) is 24.6. The Hall–Kier alpha value is -3.46. The Morgan fingerprint density at radius 1 is 1.11 bits per heavy atom. The second kappa shape index (κ2) is 9.54. The van der Waals surface area contributed by atoms with E-state index < -0.39 is 0 Å². The molecule has 0 bridgehead atoms. The van der Waals surface area contributed by atoms with Crippen LogP contribution in [-0.4, -0.2) is 58.6 Å². The molecule has 0 atom stereocenters. The van der Waals surface area contributed by atoms with Crippen molar-refractivity contribution in [3.05, 3.63) is 65.0 Å². The Balaban J connectivity index is 1.28. The van der Waals surface area contributed by atoms with Crippen LogP contribution in [0.15, 0.2) is 53.0 Å². The quantitative estimate of drug-likeness (QED) is 0.360. The maximum atomic E-state index is 13.4. The molecule has 3 aromatic heterocycles. The maximum Gasteiger partial charge on any atom is 0.287 e. The Morgan fingerprint density at radius 2 is 1.92 bits per heavy atom. The molecule has 2 aliphatic heterocycles. The molecule has 0 aliphatic carbocycles. The normalized spacial score (nSPS) is 16.4. The van der Waals surface area contributed by atoms with Crippen LogP contribution >= 0.6 is 11.3 Å². The molecule has 0 radical (unpaired) electrons. The van der Waals surface area contributed by atoms with Gasteiger partial charge in [0.2, 0.25) is 0 Å². The Bertz CT molecular complexity index is 1400. The Labute approximate surface area is 213 Å². The van der Waals surface area contributed by atoms with Crippen molar-refractivity contribution < 1.29 is 9.13 Å². The van der Waals surface area contributed by atoms with Crippen molar-refractivity contribution in [2.24, 2.45) is 4.99 Å². The number of pyridine rings is 1. The molecule has 0 amide bonds. The van der Waals surface area contributed by atoms with E-state index in [0.29, 0.717) is 12.5 Å². The van der Waals surface area contributed by atoms with Gasteiger partial charge in [0.05, 0.1) is 17.9 Å². The number of aryl methyl sites for hydroxylation is 1. The molecule has 186 valence electrons. The molecule has 7 nitrogen and oxygen atoms in total. The van der Waals surface area contributed by atoms with E-state index in [4.69, 9.17) is 14.7 Å². The van der Waals surface area contributed by atoms with Gasteiger partial charge in [-0.05, 0) is 61.1 Å². The standard InChI is InChI=1S/C27H29FN6OS/c1-3-22-25(32(2)27-31-23(17-36-27)19-4-7-21(28)8-5-19)34-16-20(6-9-24(34)30-22)18-10-13-33(14-11-18)26-29-12-15-35-26/h4-9,16-18H,3,10-15H2,1-2H3. The molecular formula is C27H29FN6OS. The molecule has 1 aromatic carbocycles. The van der Waals surface area contributed by atoms with Gasteiger partial charge in [-0.2, -0.15) is 0 Å². The summed E-state index contributed by atoms with van der Waals surface area (Å²) in [5.74, 6) is 1.29. The lowest BCUT2D eigenvalue weighted by molar-refractivity contribution is 0.229. The minimum absolute atomic E-state index is 0.244. The number of rotatable bonds is 5. The second-order valence-corrected chi connectivity index (χ2v) is 10.1. The molecule has 1 saturated heterocycles. The summed E-state index contributed by atoms with van der Waals surface area (Å²) in [7, 11) is 2.05. The van der Waals surface area contributed by atoms with Crippen LogP contribution in [0, 0.1) is 5.82 Å². The number of piperidine rings is 1. The minimum atomic E-state index is -0.244. The fourth-order valence-electron chi connectivity index (χ4n) is 5.11. The molecule has 36 heavy (non-hydrogen) atoms. The summed E-state index contributed by atoms with van der Waals surface area (Å²) in [5, 5.41) is 2.90. The molecule has 0 unspecified atom stereocenters. The topological polar surface area (TPSA) is 58.3 Å². The first-order chi connectivity index (χ1) is 17.6. The highest BCUT2D eigenvalue weighted by Gasteiger charge is 2.26. The number of ether oxygens (including phenoxy) is 1. The number of fused-ring (bicyclic) bond motifs is 1. The van der Waals surface area contributed by atoms with Crippen LogP contribution in [0.5, 0.6) is 0 Å². The van der Waals surface area contributed by atoms with Gasteiger partial charge in [0.15, 0.2) is 5.13 Å². The van der Waals surface area contributed by atoms with E-state index in [0.717, 1.165) is 78.5 Å². The van der Waals surface area contributed by atoms with E-state index in [1.54, 1.807) is 23.5 Å². The molecule has 0 N–H and O–H groups in total. The summed E-state index contributed by atoms with van der Waals surface area (Å²) in [6.07, 6.45) is 5.23. The highest BCUT2D eigenvalue weighted by Crippen LogP contribution is 2.35. The lowest BCUT2D eigenvalue weighted by Gasteiger charge is -2.32. The summed E-state index contributed by atoms with van der Waals surface area (Å²) in [5.41, 5.74) is 5.07. The van der Waals surface area contributed by atoms with Crippen molar-refractivity contribution in [2.45, 2.75) is 32.1 Å². The Morgan fingerprint density at radius 3 is 2.64 bits per heavy atom. The predicted molar refractivity (Wildman–Crippen MR) is 142 cm³/mol. The van der Waals surface area contributed by atoms with Gasteiger partial charge in [-0.25, -0.2) is 19.4 Å². The van der Waals surface area contributed by atoms with Crippen molar-refractivity contribution in [3.63, 3.8) is 0 Å². The predicted octanol–water partition coefficient (Wildman–Crippen LogP) is 5.49. The van der Waals surface area contributed by atoms with E-state index in [2.05, 4.69) is 44.4 Å². The van der Waals surface area contributed by atoms with Gasteiger partial charge in [-0.1, -0.05) is 13.0 Å². The fourth-order valence-corrected chi connectivity index (χ4v) is 5.91. The van der Waals surface area contributed by atoms with Crippen LogP contribution in [0.4, 0.5) is 15.3 Å². The van der Waals surface area contributed by atoms with Gasteiger partial charge < -0.3 is 14.5 Å². The maximum absolute atomic E-state index is 13.4. The van der Waals surface area contributed by atoms with Crippen molar-refractivity contribution in [2.75, 3.05) is 38.2 Å². The molecule has 9 heteroatoms. The van der Waals surface area contributed by atoms with Crippen LogP contribution in [0.25, 0.3) is 16.9 Å². The van der Waals surface area contributed by atoms with Gasteiger partial charge in [0.1, 0.15) is 23.9 Å². The van der Waals surface area contributed by atoms with E-state index in [1.807, 2.05) is 12.4 Å². The second-order valence-electron chi connectivity index (χ2n) is 9.28. The first-order valence-corrected chi connectivity index (χ1v) is 13.4. The number of hydrogen-bond acceptors (Lipinski definition) is 7. The minimum Gasteiger partial charge on any atom is -0.463 e. The lowest BCUT2D eigenvalue weighted by atomic mass is 9.90. The molecule has 0 spiro atoms. The first-order valence-electron chi connectivity index (χ1n) is 12.5. The van der Waals surface area contributed by atoms with Crippen LogP contribution in [0.2, 0.25) is 0 Å². The molecule has 4 aromatic rings. The summed E-state index contributed by atoms with van der Waals surface area (Å²) >= 11 is 1.58. The number of halogens is 1. The third-order valence-electron chi connectivity index (χ3n) is 7.06. The third-order valence-corrected chi connectivity index (χ3v) is 7.98. The van der Waals surface area contributed by atoms with E-state index in [9.17, 15) is 4.39 Å². The number of aromatic nitrogens is 3. The first kappa shape index (κ1) is 23.0. The van der Waals surface area contributed by atoms with Crippen molar-refractivity contribution >= 4 is 34.0 Å². The summed E-state index contributed by atoms with van der Waals surface area (Å²) in [4.78, 5) is 18.6.